The highest BCUT2D eigenvalue weighted by atomic mass is 16.6. The zero-order valence-corrected chi connectivity index (χ0v) is 47.4. The molecule has 0 aromatic rings. The molecule has 0 aromatic carbocycles. The van der Waals surface area contributed by atoms with E-state index in [1.807, 2.05) is 0 Å². The van der Waals surface area contributed by atoms with Crippen molar-refractivity contribution in [2.45, 2.75) is 303 Å². The third-order valence-corrected chi connectivity index (χ3v) is 13.1. The zero-order chi connectivity index (χ0) is 52.2. The Morgan fingerprint density at radius 1 is 0.278 bits per heavy atom. The Kier molecular flexibility index (Phi) is 57.3. The summed E-state index contributed by atoms with van der Waals surface area (Å²) in [5.41, 5.74) is 0. The number of carbonyl (C=O) groups excluding carboxylic acids is 3. The summed E-state index contributed by atoms with van der Waals surface area (Å²) in [5.74, 6) is -0.913. The molecule has 0 saturated carbocycles. The Labute approximate surface area is 445 Å². The van der Waals surface area contributed by atoms with E-state index >= 15 is 0 Å². The average molecular weight is 1000 g/mol. The summed E-state index contributed by atoms with van der Waals surface area (Å²) in [6.45, 7) is 6.55. The van der Waals surface area contributed by atoms with E-state index in [2.05, 4.69) is 106 Å². The summed E-state index contributed by atoms with van der Waals surface area (Å²) in [7, 11) is 0. The predicted molar refractivity (Wildman–Crippen MR) is 311 cm³/mol. The van der Waals surface area contributed by atoms with Crippen molar-refractivity contribution in [1.29, 1.82) is 0 Å². The van der Waals surface area contributed by atoms with Crippen LogP contribution in [0.25, 0.3) is 0 Å². The molecule has 0 heterocycles. The van der Waals surface area contributed by atoms with Crippen molar-refractivity contribution in [3.63, 3.8) is 0 Å². The monoisotopic (exact) mass is 1000 g/mol. The van der Waals surface area contributed by atoms with E-state index in [1.165, 1.54) is 135 Å². The van der Waals surface area contributed by atoms with Gasteiger partial charge in [0.25, 0.3) is 0 Å². The number of rotatable bonds is 55. The lowest BCUT2D eigenvalue weighted by Crippen LogP contribution is -2.30. The third-order valence-electron chi connectivity index (χ3n) is 13.1. The number of hydrogen-bond acceptors (Lipinski definition) is 6. The van der Waals surface area contributed by atoms with Crippen LogP contribution in [0.1, 0.15) is 297 Å². The standard InChI is InChI=1S/C66H114O6/c1-4-7-10-13-16-19-22-25-28-29-30-31-32-33-34-35-36-37-39-41-44-47-50-53-56-59-65(68)71-62-63(61-70-64(67)58-55-52-49-46-43-40-27-24-21-18-15-12-9-6-3)72-66(69)60-57-54-51-48-45-42-38-26-23-20-17-14-11-8-5-2/h15,17-18,20,22,24-27,29-30,32-33,38,63H,4-14,16,19,21,23,28,31,34-37,39-62H2,1-3H3/b18-15-,20-17-,25-22-,27-24-,30-29-,33-32-,38-26-. The lowest BCUT2D eigenvalue weighted by Gasteiger charge is -2.18. The third kappa shape index (κ3) is 57.5. The molecule has 0 N–H and O–H groups in total. The van der Waals surface area contributed by atoms with Gasteiger partial charge >= 0.3 is 17.9 Å². The van der Waals surface area contributed by atoms with Crippen LogP contribution in [0.2, 0.25) is 0 Å². The molecule has 0 aliphatic heterocycles. The number of carbonyl (C=O) groups is 3. The number of ether oxygens (including phenoxy) is 3. The molecule has 0 aliphatic carbocycles. The fraction of sp³-hybridized carbons (Fsp3) is 0.742. The molecule has 1 atom stereocenters. The van der Waals surface area contributed by atoms with E-state index in [0.29, 0.717) is 19.3 Å². The molecule has 0 rings (SSSR count). The van der Waals surface area contributed by atoms with Crippen LogP contribution in [0.15, 0.2) is 85.1 Å². The molecule has 72 heavy (non-hydrogen) atoms. The lowest BCUT2D eigenvalue weighted by atomic mass is 10.1. The van der Waals surface area contributed by atoms with E-state index < -0.39 is 6.10 Å². The van der Waals surface area contributed by atoms with Crippen LogP contribution in [0, 0.1) is 0 Å². The van der Waals surface area contributed by atoms with Gasteiger partial charge in [0.15, 0.2) is 6.10 Å². The summed E-state index contributed by atoms with van der Waals surface area (Å²) in [4.78, 5) is 38.2. The first kappa shape index (κ1) is 68.6. The summed E-state index contributed by atoms with van der Waals surface area (Å²) >= 11 is 0. The largest absolute Gasteiger partial charge is 0.462 e. The minimum absolute atomic E-state index is 0.0886. The molecule has 0 bridgehead atoms. The number of hydrogen-bond donors (Lipinski definition) is 0. The van der Waals surface area contributed by atoms with Gasteiger partial charge in [0.1, 0.15) is 13.2 Å². The van der Waals surface area contributed by atoms with E-state index in [4.69, 9.17) is 14.2 Å². The maximum absolute atomic E-state index is 12.9. The van der Waals surface area contributed by atoms with Crippen LogP contribution < -0.4 is 0 Å². The first-order chi connectivity index (χ1) is 35.5. The van der Waals surface area contributed by atoms with Crippen LogP contribution in [0.5, 0.6) is 0 Å². The van der Waals surface area contributed by atoms with Crippen molar-refractivity contribution in [3.05, 3.63) is 85.1 Å². The molecule has 0 amide bonds. The molecule has 1 unspecified atom stereocenters. The second-order valence-electron chi connectivity index (χ2n) is 20.2. The van der Waals surface area contributed by atoms with Crippen molar-refractivity contribution < 1.29 is 28.6 Å². The molecular formula is C66H114O6. The molecule has 0 aliphatic rings. The number of unbranched alkanes of at least 4 members (excludes halogenated alkanes) is 30. The summed E-state index contributed by atoms with van der Waals surface area (Å²) in [5, 5.41) is 0. The van der Waals surface area contributed by atoms with E-state index in [0.717, 1.165) is 122 Å². The Morgan fingerprint density at radius 2 is 0.514 bits per heavy atom. The van der Waals surface area contributed by atoms with Gasteiger partial charge in [0.05, 0.1) is 0 Å². The number of allylic oxidation sites excluding steroid dienone is 14. The molecule has 6 nitrogen and oxygen atoms in total. The highest BCUT2D eigenvalue weighted by molar-refractivity contribution is 5.71. The van der Waals surface area contributed by atoms with Gasteiger partial charge in [-0.1, -0.05) is 247 Å². The summed E-state index contributed by atoms with van der Waals surface area (Å²) in [6, 6.07) is 0. The minimum atomic E-state index is -0.792. The maximum Gasteiger partial charge on any atom is 0.306 e. The molecule has 0 radical (unpaired) electrons. The summed E-state index contributed by atoms with van der Waals surface area (Å²) in [6.07, 6.45) is 78.6. The Hall–Kier alpha value is -3.41. The molecule has 0 aromatic heterocycles. The highest BCUT2D eigenvalue weighted by Crippen LogP contribution is 2.15. The van der Waals surface area contributed by atoms with Gasteiger partial charge in [-0.05, 0) is 116 Å². The van der Waals surface area contributed by atoms with Gasteiger partial charge in [-0.15, -0.1) is 0 Å². The second-order valence-corrected chi connectivity index (χ2v) is 20.2. The predicted octanol–water partition coefficient (Wildman–Crippen LogP) is 20.7. The summed E-state index contributed by atoms with van der Waals surface area (Å²) < 4.78 is 16.9. The second kappa shape index (κ2) is 60.1. The molecule has 6 heteroatoms. The zero-order valence-electron chi connectivity index (χ0n) is 47.4. The molecular weight excluding hydrogens is 889 g/mol. The molecule has 414 valence electrons. The Morgan fingerprint density at radius 3 is 0.847 bits per heavy atom. The maximum atomic E-state index is 12.9. The van der Waals surface area contributed by atoms with Crippen molar-refractivity contribution in [1.82, 2.24) is 0 Å². The van der Waals surface area contributed by atoms with Crippen LogP contribution >= 0.6 is 0 Å². The van der Waals surface area contributed by atoms with Crippen LogP contribution in [-0.2, 0) is 28.6 Å². The van der Waals surface area contributed by atoms with Gasteiger partial charge in [-0.25, -0.2) is 0 Å². The van der Waals surface area contributed by atoms with Crippen molar-refractivity contribution >= 4 is 17.9 Å². The van der Waals surface area contributed by atoms with Crippen molar-refractivity contribution in [2.24, 2.45) is 0 Å². The fourth-order valence-electron chi connectivity index (χ4n) is 8.44. The minimum Gasteiger partial charge on any atom is -0.462 e. The van der Waals surface area contributed by atoms with Gasteiger partial charge in [-0.3, -0.25) is 14.4 Å². The SMILES string of the molecule is CCCC/C=C\C/C=C\CCCCCCCC(=O)OCC(COC(=O)CCCCCCCCCCCC/C=C\C/C=C\C/C=C\CCCCCCC)OC(=O)CCCCCCC/C=C\C/C=C\CCCCC. The Bertz CT molecular complexity index is 1380. The normalized spacial score (nSPS) is 12.7. The van der Waals surface area contributed by atoms with Crippen molar-refractivity contribution in [3.8, 4) is 0 Å². The average Bonchev–Trinajstić information content (AvgIpc) is 3.38. The molecule has 0 saturated heterocycles. The fourth-order valence-corrected chi connectivity index (χ4v) is 8.44. The van der Waals surface area contributed by atoms with E-state index in [9.17, 15) is 14.4 Å². The van der Waals surface area contributed by atoms with Crippen molar-refractivity contribution in [2.75, 3.05) is 13.2 Å². The number of esters is 3. The Balaban J connectivity index is 4.34. The first-order valence-electron chi connectivity index (χ1n) is 30.6. The van der Waals surface area contributed by atoms with Gasteiger partial charge in [-0.2, -0.15) is 0 Å². The van der Waals surface area contributed by atoms with Crippen LogP contribution in [0.4, 0.5) is 0 Å². The quantitative estimate of drug-likeness (QED) is 0.0261. The van der Waals surface area contributed by atoms with Crippen LogP contribution in [-0.4, -0.2) is 37.2 Å². The smallest absolute Gasteiger partial charge is 0.306 e. The van der Waals surface area contributed by atoms with Gasteiger partial charge < -0.3 is 14.2 Å². The highest BCUT2D eigenvalue weighted by Gasteiger charge is 2.19. The lowest BCUT2D eigenvalue weighted by molar-refractivity contribution is -0.167. The van der Waals surface area contributed by atoms with Gasteiger partial charge in [0, 0.05) is 19.3 Å². The van der Waals surface area contributed by atoms with E-state index in [-0.39, 0.29) is 31.1 Å². The topological polar surface area (TPSA) is 78.9 Å². The van der Waals surface area contributed by atoms with Gasteiger partial charge in [0.2, 0.25) is 0 Å². The molecule has 0 fully saturated rings. The first-order valence-corrected chi connectivity index (χ1v) is 30.6. The molecule has 0 spiro atoms. The van der Waals surface area contributed by atoms with Crippen LogP contribution in [0.3, 0.4) is 0 Å². The van der Waals surface area contributed by atoms with E-state index in [1.54, 1.807) is 0 Å².